The van der Waals surface area contributed by atoms with Crippen LogP contribution in [0.3, 0.4) is 0 Å². The topological polar surface area (TPSA) is 69.0 Å². The van der Waals surface area contributed by atoms with Gasteiger partial charge in [-0.1, -0.05) is 54.3 Å². The molecule has 25 heavy (non-hydrogen) atoms. The molecule has 1 N–H and O–H groups in total. The zero-order chi connectivity index (χ0) is 17.2. The molecule has 1 aromatic heterocycles. The van der Waals surface area contributed by atoms with Crippen molar-refractivity contribution in [2.24, 2.45) is 0 Å². The molecule has 1 atom stereocenters. The first-order chi connectivity index (χ1) is 12.2. The van der Waals surface area contributed by atoms with Gasteiger partial charge in [0, 0.05) is 6.04 Å². The number of carbonyl (C=O) groups excluding carboxylic acids is 1. The number of amides is 1. The van der Waals surface area contributed by atoms with Gasteiger partial charge in [-0.25, -0.2) is 4.68 Å². The van der Waals surface area contributed by atoms with Crippen molar-refractivity contribution in [3.8, 4) is 0 Å². The quantitative estimate of drug-likeness (QED) is 0.933. The van der Waals surface area contributed by atoms with Crippen molar-refractivity contribution >= 4 is 5.91 Å². The van der Waals surface area contributed by atoms with Crippen molar-refractivity contribution in [3.05, 3.63) is 46.8 Å². The lowest BCUT2D eigenvalue weighted by Gasteiger charge is -2.25. The van der Waals surface area contributed by atoms with E-state index >= 15 is 0 Å². The molecule has 1 amide bonds. The van der Waals surface area contributed by atoms with Gasteiger partial charge in [-0.2, -0.15) is 0 Å². The van der Waals surface area contributed by atoms with Gasteiger partial charge in [0.1, 0.15) is 6.10 Å². The average Bonchev–Trinajstić information content (AvgIpc) is 3.06. The number of aryl methyl sites for hydroxylation is 1. The third kappa shape index (κ3) is 3.44. The minimum absolute atomic E-state index is 0.0518. The number of nitrogens with zero attached hydrogens (tertiary/aromatic N) is 3. The van der Waals surface area contributed by atoms with Crippen molar-refractivity contribution in [1.82, 2.24) is 20.3 Å². The Balaban J connectivity index is 1.46. The first-order valence-corrected chi connectivity index (χ1v) is 9.12. The van der Waals surface area contributed by atoms with Gasteiger partial charge in [0.25, 0.3) is 5.91 Å². The molecule has 6 nitrogen and oxygen atoms in total. The van der Waals surface area contributed by atoms with Gasteiger partial charge in [-0.3, -0.25) is 4.79 Å². The summed E-state index contributed by atoms with van der Waals surface area (Å²) in [6, 6.07) is 8.59. The van der Waals surface area contributed by atoms with Gasteiger partial charge in [-0.15, -0.1) is 5.10 Å². The monoisotopic (exact) mass is 340 g/mol. The molecule has 0 unspecified atom stereocenters. The van der Waals surface area contributed by atoms with Crippen molar-refractivity contribution in [3.63, 3.8) is 0 Å². The van der Waals surface area contributed by atoms with Crippen molar-refractivity contribution in [1.29, 1.82) is 0 Å². The van der Waals surface area contributed by atoms with E-state index in [1.54, 1.807) is 0 Å². The Morgan fingerprint density at radius 2 is 1.96 bits per heavy atom. The Labute approximate surface area is 147 Å². The van der Waals surface area contributed by atoms with Gasteiger partial charge in [0.15, 0.2) is 5.69 Å². The van der Waals surface area contributed by atoms with Gasteiger partial charge in [0.05, 0.1) is 18.8 Å². The number of hydrogen-bond acceptors (Lipinski definition) is 4. The maximum absolute atomic E-state index is 12.6. The SMILES string of the molecule is Cc1ccc([C@H]2Cn3nnc(C(=O)NC4CCCCC4)c3CO2)cc1. The smallest absolute Gasteiger partial charge is 0.274 e. The normalized spacial score (nSPS) is 20.9. The zero-order valence-corrected chi connectivity index (χ0v) is 14.6. The van der Waals surface area contributed by atoms with Crippen LogP contribution in [0.2, 0.25) is 0 Å². The maximum Gasteiger partial charge on any atom is 0.274 e. The highest BCUT2D eigenvalue weighted by Gasteiger charge is 2.28. The second-order valence-electron chi connectivity index (χ2n) is 7.09. The Bertz CT molecular complexity index is 747. The van der Waals surface area contributed by atoms with Crippen molar-refractivity contribution in [2.45, 2.75) is 64.3 Å². The molecule has 1 aromatic carbocycles. The molecular weight excluding hydrogens is 316 g/mol. The standard InChI is InChI=1S/C19H24N4O2/c1-13-7-9-14(10-8-13)17-11-23-16(12-25-17)18(21-22-23)19(24)20-15-5-3-2-4-6-15/h7-10,15,17H,2-6,11-12H2,1H3,(H,20,24)/t17-/m1/s1. The number of hydrogen-bond donors (Lipinski definition) is 1. The molecule has 2 heterocycles. The fourth-order valence-corrected chi connectivity index (χ4v) is 3.67. The number of fused-ring (bicyclic) bond motifs is 1. The molecule has 6 heteroatoms. The second kappa shape index (κ2) is 6.96. The van der Waals surface area contributed by atoms with E-state index < -0.39 is 0 Å². The highest BCUT2D eigenvalue weighted by molar-refractivity contribution is 5.93. The molecule has 132 valence electrons. The number of ether oxygens (including phenoxy) is 1. The van der Waals surface area contributed by atoms with Gasteiger partial charge in [0.2, 0.25) is 0 Å². The molecule has 1 saturated carbocycles. The number of benzene rings is 1. The third-order valence-electron chi connectivity index (χ3n) is 5.20. The van der Waals surface area contributed by atoms with Crippen LogP contribution in [0.15, 0.2) is 24.3 Å². The Morgan fingerprint density at radius 3 is 2.72 bits per heavy atom. The molecule has 1 aliphatic carbocycles. The van der Waals surface area contributed by atoms with E-state index in [0.717, 1.165) is 24.1 Å². The highest BCUT2D eigenvalue weighted by atomic mass is 16.5. The lowest BCUT2D eigenvalue weighted by Crippen LogP contribution is -2.37. The van der Waals surface area contributed by atoms with Crippen LogP contribution in [0.25, 0.3) is 0 Å². The van der Waals surface area contributed by atoms with Gasteiger partial charge < -0.3 is 10.1 Å². The predicted octanol–water partition coefficient (Wildman–Crippen LogP) is 2.92. The Kier molecular flexibility index (Phi) is 4.53. The van der Waals surface area contributed by atoms with Crippen LogP contribution in [0.5, 0.6) is 0 Å². The van der Waals surface area contributed by atoms with Gasteiger partial charge >= 0.3 is 0 Å². The van der Waals surface area contributed by atoms with Crippen LogP contribution < -0.4 is 5.32 Å². The van der Waals surface area contributed by atoms with Crippen molar-refractivity contribution < 1.29 is 9.53 Å². The zero-order valence-electron chi connectivity index (χ0n) is 14.6. The Morgan fingerprint density at radius 1 is 1.20 bits per heavy atom. The number of carbonyl (C=O) groups is 1. The molecule has 2 aromatic rings. The predicted molar refractivity (Wildman–Crippen MR) is 93.1 cm³/mol. The summed E-state index contributed by atoms with van der Waals surface area (Å²) in [5, 5.41) is 11.4. The fourth-order valence-electron chi connectivity index (χ4n) is 3.67. The molecule has 1 fully saturated rings. The van der Waals surface area contributed by atoms with E-state index in [1.807, 2.05) is 4.68 Å². The molecule has 4 rings (SSSR count). The van der Waals surface area contributed by atoms with Crippen LogP contribution in [-0.4, -0.2) is 26.9 Å². The molecule has 1 aliphatic heterocycles. The summed E-state index contributed by atoms with van der Waals surface area (Å²) in [5.74, 6) is -0.120. The van der Waals surface area contributed by atoms with E-state index in [0.29, 0.717) is 18.8 Å². The first-order valence-electron chi connectivity index (χ1n) is 9.12. The third-order valence-corrected chi connectivity index (χ3v) is 5.20. The molecule has 0 radical (unpaired) electrons. The fraction of sp³-hybridized carbons (Fsp3) is 0.526. The van der Waals surface area contributed by atoms with Crippen LogP contribution in [-0.2, 0) is 17.9 Å². The Hall–Kier alpha value is -2.21. The minimum Gasteiger partial charge on any atom is -0.365 e. The lowest BCUT2D eigenvalue weighted by atomic mass is 9.95. The molecule has 0 bridgehead atoms. The summed E-state index contributed by atoms with van der Waals surface area (Å²) in [4.78, 5) is 12.6. The second-order valence-corrected chi connectivity index (χ2v) is 7.09. The number of aromatic nitrogens is 3. The molecule has 0 spiro atoms. The van der Waals surface area contributed by atoms with Crippen LogP contribution in [0, 0.1) is 6.92 Å². The molecular formula is C19H24N4O2. The molecule has 0 saturated heterocycles. The lowest BCUT2D eigenvalue weighted by molar-refractivity contribution is -0.00179. The van der Waals surface area contributed by atoms with Crippen LogP contribution >= 0.6 is 0 Å². The average molecular weight is 340 g/mol. The summed E-state index contributed by atoms with van der Waals surface area (Å²) < 4.78 is 7.80. The van der Waals surface area contributed by atoms with E-state index in [2.05, 4.69) is 46.8 Å². The largest absolute Gasteiger partial charge is 0.365 e. The summed E-state index contributed by atoms with van der Waals surface area (Å²) in [6.45, 7) is 3.01. The van der Waals surface area contributed by atoms with Crippen molar-refractivity contribution in [2.75, 3.05) is 0 Å². The van der Waals surface area contributed by atoms with Gasteiger partial charge in [-0.05, 0) is 25.3 Å². The summed E-state index contributed by atoms with van der Waals surface area (Å²) in [7, 11) is 0. The number of rotatable bonds is 3. The van der Waals surface area contributed by atoms with Crippen LogP contribution in [0.1, 0.15) is 65.5 Å². The minimum atomic E-state index is -0.120. The van der Waals surface area contributed by atoms with E-state index in [-0.39, 0.29) is 18.1 Å². The van der Waals surface area contributed by atoms with E-state index in [1.165, 1.54) is 24.8 Å². The summed E-state index contributed by atoms with van der Waals surface area (Å²) in [6.07, 6.45) is 5.70. The highest BCUT2D eigenvalue weighted by Crippen LogP contribution is 2.27. The number of nitrogens with one attached hydrogen (secondary N) is 1. The van der Waals surface area contributed by atoms with Crippen LogP contribution in [0.4, 0.5) is 0 Å². The first kappa shape index (κ1) is 16.3. The molecule has 2 aliphatic rings. The maximum atomic E-state index is 12.6. The van der Waals surface area contributed by atoms with E-state index in [9.17, 15) is 4.79 Å². The summed E-state index contributed by atoms with van der Waals surface area (Å²) >= 11 is 0. The van der Waals surface area contributed by atoms with E-state index in [4.69, 9.17) is 4.74 Å². The summed E-state index contributed by atoms with van der Waals surface area (Å²) in [5.41, 5.74) is 3.53.